The normalized spacial score (nSPS) is 19.0. The fourth-order valence-electron chi connectivity index (χ4n) is 5.30. The third-order valence-electron chi connectivity index (χ3n) is 7.87. The first-order valence-corrected chi connectivity index (χ1v) is 15.4. The number of ether oxygens (including phenoxy) is 3. The molecule has 1 saturated carbocycles. The summed E-state index contributed by atoms with van der Waals surface area (Å²) in [4.78, 5) is 12.1. The molecule has 1 aliphatic rings. The number of benzene rings is 2. The molecule has 0 bridgehead atoms. The summed E-state index contributed by atoms with van der Waals surface area (Å²) in [6, 6.07) is 16.4. The van der Waals surface area contributed by atoms with E-state index in [9.17, 15) is 9.90 Å². The van der Waals surface area contributed by atoms with E-state index in [1.165, 1.54) is 51.4 Å². The molecule has 1 aliphatic carbocycles. The lowest BCUT2D eigenvalue weighted by Crippen LogP contribution is -2.35. The zero-order valence-electron chi connectivity index (χ0n) is 24.3. The van der Waals surface area contributed by atoms with E-state index in [0.717, 1.165) is 48.3 Å². The molecule has 0 aliphatic heterocycles. The van der Waals surface area contributed by atoms with Crippen LogP contribution >= 0.6 is 0 Å². The second-order valence-electron chi connectivity index (χ2n) is 11.1. The molecule has 5 nitrogen and oxygen atoms in total. The highest BCUT2D eigenvalue weighted by Crippen LogP contribution is 2.39. The van der Waals surface area contributed by atoms with E-state index in [1.54, 1.807) is 0 Å². The molecule has 216 valence electrons. The van der Waals surface area contributed by atoms with Gasteiger partial charge in [-0.3, -0.25) is 0 Å². The van der Waals surface area contributed by atoms with Gasteiger partial charge in [0.1, 0.15) is 11.9 Å². The van der Waals surface area contributed by atoms with Crippen LogP contribution in [-0.2, 0) is 15.1 Å². The van der Waals surface area contributed by atoms with Crippen LogP contribution in [-0.4, -0.2) is 30.6 Å². The van der Waals surface area contributed by atoms with Gasteiger partial charge in [0.15, 0.2) is 0 Å². The van der Waals surface area contributed by atoms with Crippen molar-refractivity contribution in [3.8, 4) is 16.9 Å². The van der Waals surface area contributed by atoms with Gasteiger partial charge in [-0.1, -0.05) is 108 Å². The van der Waals surface area contributed by atoms with E-state index in [0.29, 0.717) is 32.3 Å². The van der Waals surface area contributed by atoms with E-state index in [1.807, 2.05) is 24.3 Å². The van der Waals surface area contributed by atoms with E-state index in [-0.39, 0.29) is 6.10 Å². The summed E-state index contributed by atoms with van der Waals surface area (Å²) in [6.45, 7) is 5.62. The summed E-state index contributed by atoms with van der Waals surface area (Å²) in [5, 5.41) is 11.3. The van der Waals surface area contributed by atoms with E-state index in [2.05, 4.69) is 38.1 Å². The molecule has 0 spiro atoms. The summed E-state index contributed by atoms with van der Waals surface area (Å²) < 4.78 is 16.7. The van der Waals surface area contributed by atoms with Crippen LogP contribution in [0.5, 0.6) is 5.75 Å². The smallest absolute Gasteiger partial charge is 0.494 e. The second kappa shape index (κ2) is 17.2. The summed E-state index contributed by atoms with van der Waals surface area (Å²) in [5.74, 6) is 0.908. The Morgan fingerprint density at radius 3 is 1.85 bits per heavy atom. The molecule has 1 N–H and O–H groups in total. The Hall–Kier alpha value is -2.53. The number of unbranched alkanes of at least 4 members (excludes halogenated alkanes) is 9. The Morgan fingerprint density at radius 2 is 1.26 bits per heavy atom. The third-order valence-corrected chi connectivity index (χ3v) is 7.87. The minimum atomic E-state index is -0.893. The average molecular weight is 539 g/mol. The van der Waals surface area contributed by atoms with Crippen molar-refractivity contribution in [1.29, 1.82) is 0 Å². The first-order chi connectivity index (χ1) is 19.0. The van der Waals surface area contributed by atoms with Gasteiger partial charge in [-0.15, -0.1) is 0 Å². The maximum absolute atomic E-state index is 12.1. The Kier molecular flexibility index (Phi) is 13.7. The Bertz CT molecular complexity index is 929. The molecule has 0 amide bonds. The molecular formula is C34H50O5. The van der Waals surface area contributed by atoms with Crippen molar-refractivity contribution in [2.45, 2.75) is 122 Å². The first kappa shape index (κ1) is 31.0. The van der Waals surface area contributed by atoms with Gasteiger partial charge in [-0.25, -0.2) is 4.79 Å². The van der Waals surface area contributed by atoms with Crippen molar-refractivity contribution in [2.24, 2.45) is 0 Å². The lowest BCUT2D eigenvalue weighted by molar-refractivity contribution is -0.0538. The topological polar surface area (TPSA) is 65.0 Å². The van der Waals surface area contributed by atoms with E-state index >= 15 is 0 Å². The number of carbonyl (C=O) groups is 1. The maximum atomic E-state index is 12.1. The van der Waals surface area contributed by atoms with Crippen molar-refractivity contribution in [3.63, 3.8) is 0 Å². The van der Waals surface area contributed by atoms with Crippen LogP contribution in [0.4, 0.5) is 4.79 Å². The van der Waals surface area contributed by atoms with Gasteiger partial charge in [0, 0.05) is 0 Å². The van der Waals surface area contributed by atoms with E-state index in [4.69, 9.17) is 14.2 Å². The predicted molar refractivity (Wildman–Crippen MR) is 158 cm³/mol. The summed E-state index contributed by atoms with van der Waals surface area (Å²) >= 11 is 0. The maximum Gasteiger partial charge on any atom is 0.508 e. The second-order valence-corrected chi connectivity index (χ2v) is 11.1. The van der Waals surface area contributed by atoms with Crippen molar-refractivity contribution in [1.82, 2.24) is 0 Å². The van der Waals surface area contributed by atoms with Crippen LogP contribution in [0.3, 0.4) is 0 Å². The van der Waals surface area contributed by atoms with Gasteiger partial charge in [0.25, 0.3) is 0 Å². The van der Waals surface area contributed by atoms with Gasteiger partial charge in [0.2, 0.25) is 0 Å². The molecule has 0 radical (unpaired) electrons. The third kappa shape index (κ3) is 10.9. The molecule has 39 heavy (non-hydrogen) atoms. The summed E-state index contributed by atoms with van der Waals surface area (Å²) in [5.41, 5.74) is 2.26. The van der Waals surface area contributed by atoms with Crippen molar-refractivity contribution < 1.29 is 24.1 Å². The van der Waals surface area contributed by atoms with Crippen LogP contribution in [0.15, 0.2) is 48.5 Å². The number of aliphatic hydroxyl groups is 1. The van der Waals surface area contributed by atoms with Crippen molar-refractivity contribution >= 4 is 6.16 Å². The molecule has 0 saturated heterocycles. The minimum absolute atomic E-state index is 0.196. The highest BCUT2D eigenvalue weighted by Gasteiger charge is 2.36. The molecular weight excluding hydrogens is 488 g/mol. The van der Waals surface area contributed by atoms with Gasteiger partial charge in [-0.05, 0) is 67.3 Å². The standard InChI is InChI=1S/C34H50O5/c1-3-5-7-9-11-13-27-38-33(35)39-32-22-24-34(36,25-23-32)30-18-14-28(15-19-30)29-16-20-31(21-17-29)37-26-12-10-8-6-4-2/h14-21,32,36H,3-13,22-27H2,1-2H3. The predicted octanol–water partition coefficient (Wildman–Crippen LogP) is 9.35. The van der Waals surface area contributed by atoms with Gasteiger partial charge in [0.05, 0.1) is 18.8 Å². The van der Waals surface area contributed by atoms with Crippen LogP contribution in [0.25, 0.3) is 11.1 Å². The highest BCUT2D eigenvalue weighted by molar-refractivity contribution is 5.64. The molecule has 1 fully saturated rings. The summed E-state index contributed by atoms with van der Waals surface area (Å²) in [6.07, 6.45) is 14.7. The molecule has 3 rings (SSSR count). The van der Waals surface area contributed by atoms with Crippen LogP contribution in [0.1, 0.15) is 116 Å². The number of carbonyl (C=O) groups excluding carboxylic acids is 1. The molecule has 0 aromatic heterocycles. The average Bonchev–Trinajstić information content (AvgIpc) is 2.96. The van der Waals surface area contributed by atoms with Gasteiger partial charge < -0.3 is 19.3 Å². The molecule has 0 atom stereocenters. The quantitative estimate of drug-likeness (QED) is 0.161. The van der Waals surface area contributed by atoms with Gasteiger partial charge in [-0.2, -0.15) is 0 Å². The van der Waals surface area contributed by atoms with Crippen molar-refractivity contribution in [3.05, 3.63) is 54.1 Å². The van der Waals surface area contributed by atoms with Crippen LogP contribution in [0.2, 0.25) is 0 Å². The number of rotatable bonds is 17. The largest absolute Gasteiger partial charge is 0.508 e. The zero-order valence-corrected chi connectivity index (χ0v) is 24.3. The molecule has 2 aromatic carbocycles. The molecule has 5 heteroatoms. The lowest BCUT2D eigenvalue weighted by Gasteiger charge is -2.36. The first-order valence-electron chi connectivity index (χ1n) is 15.4. The van der Waals surface area contributed by atoms with Crippen LogP contribution < -0.4 is 4.74 Å². The molecule has 2 aromatic rings. The SMILES string of the molecule is CCCCCCCCOC(=O)OC1CCC(O)(c2ccc(-c3ccc(OCCCCCCC)cc3)cc2)CC1. The Morgan fingerprint density at radius 1 is 0.744 bits per heavy atom. The zero-order chi connectivity index (χ0) is 27.8. The van der Waals surface area contributed by atoms with E-state index < -0.39 is 11.8 Å². The monoisotopic (exact) mass is 538 g/mol. The fourth-order valence-corrected chi connectivity index (χ4v) is 5.30. The highest BCUT2D eigenvalue weighted by atomic mass is 16.7. The van der Waals surface area contributed by atoms with Gasteiger partial charge >= 0.3 is 6.16 Å². The Balaban J connectivity index is 1.38. The lowest BCUT2D eigenvalue weighted by atomic mass is 9.78. The number of hydrogen-bond acceptors (Lipinski definition) is 5. The summed E-state index contributed by atoms with van der Waals surface area (Å²) in [7, 11) is 0. The molecule has 0 heterocycles. The van der Waals surface area contributed by atoms with Crippen LogP contribution in [0, 0.1) is 0 Å². The molecule has 0 unspecified atom stereocenters. The minimum Gasteiger partial charge on any atom is -0.494 e. The number of hydrogen-bond donors (Lipinski definition) is 1. The fraction of sp³-hybridized carbons (Fsp3) is 0.618. The Labute approximate surface area is 236 Å². The van der Waals surface area contributed by atoms with Crippen molar-refractivity contribution in [2.75, 3.05) is 13.2 Å².